The standard InChI is InChI=1S/C25H27N3O3/c1-3-24(29)27-22-13-8-14-23(18(22)2)28-25(30)16-26-20-11-7-12-21(15-20)31-17-19-9-5-4-6-10-19/h4-15,26H,3,16-17H2,1-2H3,(H,27,29)(H,28,30). The summed E-state index contributed by atoms with van der Waals surface area (Å²) in [6.07, 6.45) is 0.397. The first kappa shape index (κ1) is 21.9. The van der Waals surface area contributed by atoms with E-state index in [-0.39, 0.29) is 18.4 Å². The maximum atomic E-state index is 12.4. The normalized spacial score (nSPS) is 10.3. The summed E-state index contributed by atoms with van der Waals surface area (Å²) in [5.74, 6) is 0.477. The van der Waals surface area contributed by atoms with Crippen molar-refractivity contribution in [2.45, 2.75) is 26.9 Å². The van der Waals surface area contributed by atoms with Crippen molar-refractivity contribution in [3.05, 3.63) is 83.9 Å². The molecular formula is C25H27N3O3. The van der Waals surface area contributed by atoms with Gasteiger partial charge in [-0.15, -0.1) is 0 Å². The Morgan fingerprint density at radius 2 is 1.52 bits per heavy atom. The Morgan fingerprint density at radius 3 is 2.23 bits per heavy atom. The molecular weight excluding hydrogens is 390 g/mol. The van der Waals surface area contributed by atoms with Gasteiger partial charge in [-0.05, 0) is 42.3 Å². The molecule has 0 saturated carbocycles. The summed E-state index contributed by atoms with van der Waals surface area (Å²) in [6.45, 7) is 4.24. The minimum absolute atomic E-state index is 0.0670. The molecule has 0 aromatic heterocycles. The van der Waals surface area contributed by atoms with Crippen LogP contribution in [0.15, 0.2) is 72.8 Å². The fourth-order valence-electron chi connectivity index (χ4n) is 2.96. The van der Waals surface area contributed by atoms with Gasteiger partial charge in [0.05, 0.1) is 6.54 Å². The van der Waals surface area contributed by atoms with E-state index in [9.17, 15) is 9.59 Å². The van der Waals surface area contributed by atoms with Crippen LogP contribution in [0.2, 0.25) is 0 Å². The quantitative estimate of drug-likeness (QED) is 0.459. The van der Waals surface area contributed by atoms with Crippen molar-refractivity contribution >= 4 is 28.9 Å². The largest absolute Gasteiger partial charge is 0.489 e. The Balaban J connectivity index is 1.54. The van der Waals surface area contributed by atoms with Gasteiger partial charge in [0.15, 0.2) is 0 Å². The molecule has 0 bridgehead atoms. The molecule has 0 fully saturated rings. The van der Waals surface area contributed by atoms with Crippen LogP contribution in [0.5, 0.6) is 5.75 Å². The number of rotatable bonds is 9. The molecule has 3 N–H and O–H groups in total. The van der Waals surface area contributed by atoms with Crippen molar-refractivity contribution in [3.63, 3.8) is 0 Å². The first-order valence-electron chi connectivity index (χ1n) is 10.2. The van der Waals surface area contributed by atoms with Gasteiger partial charge in [0.1, 0.15) is 12.4 Å². The predicted octanol–water partition coefficient (Wildman–Crippen LogP) is 4.97. The van der Waals surface area contributed by atoms with Crippen molar-refractivity contribution in [1.29, 1.82) is 0 Å². The van der Waals surface area contributed by atoms with Crippen LogP contribution in [0.3, 0.4) is 0 Å². The highest BCUT2D eigenvalue weighted by Crippen LogP contribution is 2.24. The van der Waals surface area contributed by atoms with Crippen LogP contribution in [-0.4, -0.2) is 18.4 Å². The summed E-state index contributed by atoms with van der Waals surface area (Å²) in [6, 6.07) is 22.9. The highest BCUT2D eigenvalue weighted by atomic mass is 16.5. The van der Waals surface area contributed by atoms with E-state index in [2.05, 4.69) is 16.0 Å². The fourth-order valence-corrected chi connectivity index (χ4v) is 2.96. The van der Waals surface area contributed by atoms with Crippen LogP contribution in [0.25, 0.3) is 0 Å². The number of carbonyl (C=O) groups excluding carboxylic acids is 2. The number of amides is 2. The fraction of sp³-hybridized carbons (Fsp3) is 0.200. The molecule has 0 aliphatic carbocycles. The van der Waals surface area contributed by atoms with Gasteiger partial charge in [-0.1, -0.05) is 49.4 Å². The van der Waals surface area contributed by atoms with Crippen LogP contribution >= 0.6 is 0 Å². The first-order valence-corrected chi connectivity index (χ1v) is 10.2. The molecule has 0 saturated heterocycles. The Morgan fingerprint density at radius 1 is 0.839 bits per heavy atom. The maximum absolute atomic E-state index is 12.4. The number of hydrogen-bond acceptors (Lipinski definition) is 4. The van der Waals surface area contributed by atoms with E-state index >= 15 is 0 Å². The molecule has 160 valence electrons. The molecule has 2 amide bonds. The van der Waals surface area contributed by atoms with Gasteiger partial charge in [0.25, 0.3) is 0 Å². The van der Waals surface area contributed by atoms with Crippen molar-refractivity contribution in [2.75, 3.05) is 22.5 Å². The lowest BCUT2D eigenvalue weighted by Crippen LogP contribution is -2.22. The van der Waals surface area contributed by atoms with Gasteiger partial charge in [0.2, 0.25) is 11.8 Å². The third kappa shape index (κ3) is 6.60. The van der Waals surface area contributed by atoms with Crippen molar-refractivity contribution < 1.29 is 14.3 Å². The molecule has 3 aromatic rings. The molecule has 0 unspecified atom stereocenters. The first-order chi connectivity index (χ1) is 15.0. The number of hydrogen-bond donors (Lipinski definition) is 3. The number of anilines is 3. The summed E-state index contributed by atoms with van der Waals surface area (Å²) in [5, 5.41) is 8.85. The van der Waals surface area contributed by atoms with Crippen LogP contribution in [-0.2, 0) is 16.2 Å². The summed E-state index contributed by atoms with van der Waals surface area (Å²) >= 11 is 0. The third-order valence-corrected chi connectivity index (χ3v) is 4.74. The van der Waals surface area contributed by atoms with E-state index in [1.807, 2.05) is 73.7 Å². The number of carbonyl (C=O) groups is 2. The van der Waals surface area contributed by atoms with Gasteiger partial charge in [-0.3, -0.25) is 9.59 Å². The van der Waals surface area contributed by atoms with Crippen LogP contribution in [0.1, 0.15) is 24.5 Å². The summed E-state index contributed by atoms with van der Waals surface area (Å²) in [4.78, 5) is 24.1. The van der Waals surface area contributed by atoms with E-state index in [1.54, 1.807) is 13.0 Å². The molecule has 0 aliphatic heterocycles. The zero-order chi connectivity index (χ0) is 22.1. The van der Waals surface area contributed by atoms with Crippen LogP contribution < -0.4 is 20.7 Å². The van der Waals surface area contributed by atoms with Gasteiger partial charge in [-0.25, -0.2) is 0 Å². The van der Waals surface area contributed by atoms with Gasteiger partial charge < -0.3 is 20.7 Å². The summed E-state index contributed by atoms with van der Waals surface area (Å²) < 4.78 is 5.83. The molecule has 31 heavy (non-hydrogen) atoms. The lowest BCUT2D eigenvalue weighted by Gasteiger charge is -2.14. The second kappa shape index (κ2) is 10.8. The smallest absolute Gasteiger partial charge is 0.243 e. The second-order valence-electron chi connectivity index (χ2n) is 7.08. The monoisotopic (exact) mass is 417 g/mol. The molecule has 0 atom stereocenters. The number of benzene rings is 3. The highest BCUT2D eigenvalue weighted by Gasteiger charge is 2.09. The molecule has 6 heteroatoms. The SMILES string of the molecule is CCC(=O)Nc1cccc(NC(=O)CNc2cccc(OCc3ccccc3)c2)c1C. The second-order valence-corrected chi connectivity index (χ2v) is 7.08. The molecule has 6 nitrogen and oxygen atoms in total. The van der Waals surface area contributed by atoms with Crippen LogP contribution in [0.4, 0.5) is 17.1 Å². The molecule has 3 aromatic carbocycles. The molecule has 0 spiro atoms. The third-order valence-electron chi connectivity index (χ3n) is 4.74. The van der Waals surface area contributed by atoms with Crippen molar-refractivity contribution in [2.24, 2.45) is 0 Å². The molecule has 0 heterocycles. The zero-order valence-electron chi connectivity index (χ0n) is 17.8. The van der Waals surface area contributed by atoms with E-state index < -0.39 is 0 Å². The number of ether oxygens (including phenoxy) is 1. The average Bonchev–Trinajstić information content (AvgIpc) is 2.80. The zero-order valence-corrected chi connectivity index (χ0v) is 17.8. The number of nitrogens with one attached hydrogen (secondary N) is 3. The Kier molecular flexibility index (Phi) is 7.65. The van der Waals surface area contributed by atoms with E-state index in [0.717, 1.165) is 22.6 Å². The lowest BCUT2D eigenvalue weighted by molar-refractivity contribution is -0.116. The molecule has 0 aliphatic rings. The van der Waals surface area contributed by atoms with E-state index in [0.29, 0.717) is 24.4 Å². The topological polar surface area (TPSA) is 79.5 Å². The summed E-state index contributed by atoms with van der Waals surface area (Å²) in [7, 11) is 0. The summed E-state index contributed by atoms with van der Waals surface area (Å²) in [5.41, 5.74) is 4.06. The Bertz CT molecular complexity index is 1040. The lowest BCUT2D eigenvalue weighted by atomic mass is 10.1. The van der Waals surface area contributed by atoms with Gasteiger partial charge >= 0.3 is 0 Å². The van der Waals surface area contributed by atoms with E-state index in [4.69, 9.17) is 4.74 Å². The molecule has 3 rings (SSSR count). The minimum atomic E-state index is -0.183. The highest BCUT2D eigenvalue weighted by molar-refractivity contribution is 5.97. The molecule has 0 radical (unpaired) electrons. The van der Waals surface area contributed by atoms with Gasteiger partial charge in [0, 0.05) is 29.5 Å². The predicted molar refractivity (Wildman–Crippen MR) is 124 cm³/mol. The van der Waals surface area contributed by atoms with Crippen molar-refractivity contribution in [1.82, 2.24) is 0 Å². The maximum Gasteiger partial charge on any atom is 0.243 e. The van der Waals surface area contributed by atoms with E-state index in [1.165, 1.54) is 0 Å². The average molecular weight is 418 g/mol. The Hall–Kier alpha value is -3.80. The van der Waals surface area contributed by atoms with Crippen molar-refractivity contribution in [3.8, 4) is 5.75 Å². The van der Waals surface area contributed by atoms with Gasteiger partial charge in [-0.2, -0.15) is 0 Å². The van der Waals surface area contributed by atoms with Crippen LogP contribution in [0, 0.1) is 6.92 Å². The minimum Gasteiger partial charge on any atom is -0.489 e. The Labute approximate surface area is 182 Å².